The number of halogens is 1. The van der Waals surface area contributed by atoms with E-state index in [1.165, 1.54) is 0 Å². The number of ether oxygens (including phenoxy) is 1. The first kappa shape index (κ1) is 12.2. The Morgan fingerprint density at radius 2 is 2.29 bits per heavy atom. The molecule has 1 fully saturated rings. The molecule has 1 unspecified atom stereocenters. The number of hydrogen-bond acceptors (Lipinski definition) is 2. The highest BCUT2D eigenvalue weighted by molar-refractivity contribution is 6.30. The fraction of sp³-hybridized carbons (Fsp3) is 0.462. The van der Waals surface area contributed by atoms with Crippen molar-refractivity contribution in [3.63, 3.8) is 0 Å². The van der Waals surface area contributed by atoms with E-state index in [2.05, 4.69) is 0 Å². The normalized spacial score (nSPS) is 17.2. The smallest absolute Gasteiger partial charge is 0.310 e. The number of benzene rings is 1. The summed E-state index contributed by atoms with van der Waals surface area (Å²) >= 11 is 5.83. The van der Waals surface area contributed by atoms with Crippen LogP contribution >= 0.6 is 11.6 Å². The molecular weight excluding hydrogens is 240 g/mol. The van der Waals surface area contributed by atoms with E-state index in [9.17, 15) is 4.79 Å². The van der Waals surface area contributed by atoms with Gasteiger partial charge in [0.15, 0.2) is 0 Å². The third-order valence-electron chi connectivity index (χ3n) is 3.26. The Kier molecular flexibility index (Phi) is 3.89. The Labute approximate surface area is 105 Å². The lowest BCUT2D eigenvalue weighted by atomic mass is 9.76. The Morgan fingerprint density at radius 3 is 2.82 bits per heavy atom. The first-order chi connectivity index (χ1) is 8.16. The number of carboxylic acids is 1. The minimum Gasteiger partial charge on any atom is -0.493 e. The van der Waals surface area contributed by atoms with E-state index in [0.717, 1.165) is 19.3 Å². The van der Waals surface area contributed by atoms with Gasteiger partial charge in [-0.1, -0.05) is 24.1 Å². The van der Waals surface area contributed by atoms with Crippen LogP contribution in [0.15, 0.2) is 24.3 Å². The van der Waals surface area contributed by atoms with Crippen LogP contribution in [0.1, 0.15) is 19.3 Å². The summed E-state index contributed by atoms with van der Waals surface area (Å²) in [5.41, 5.74) is 0. The lowest BCUT2D eigenvalue weighted by molar-refractivity contribution is -0.146. The summed E-state index contributed by atoms with van der Waals surface area (Å²) in [4.78, 5) is 11.1. The number of hydrogen-bond donors (Lipinski definition) is 1. The highest BCUT2D eigenvalue weighted by Gasteiger charge is 2.33. The van der Waals surface area contributed by atoms with Crippen LogP contribution in [0.4, 0.5) is 0 Å². The minimum absolute atomic E-state index is 0.223. The SMILES string of the molecule is O=C(O)C(COc1cccc(Cl)c1)C1CCC1. The molecule has 4 heteroatoms. The van der Waals surface area contributed by atoms with E-state index in [4.69, 9.17) is 21.4 Å². The molecule has 0 spiro atoms. The number of carboxylic acid groups (broad SMARTS) is 1. The molecule has 92 valence electrons. The van der Waals surface area contributed by atoms with Gasteiger partial charge >= 0.3 is 5.97 Å². The third kappa shape index (κ3) is 3.13. The minimum atomic E-state index is -0.767. The summed E-state index contributed by atoms with van der Waals surface area (Å²) in [5, 5.41) is 9.73. The lowest BCUT2D eigenvalue weighted by Gasteiger charge is -2.30. The highest BCUT2D eigenvalue weighted by atomic mass is 35.5. The van der Waals surface area contributed by atoms with Crippen molar-refractivity contribution in [1.29, 1.82) is 0 Å². The van der Waals surface area contributed by atoms with Gasteiger partial charge in [-0.25, -0.2) is 0 Å². The first-order valence-corrected chi connectivity index (χ1v) is 6.16. The second kappa shape index (κ2) is 5.41. The molecule has 1 aliphatic carbocycles. The average molecular weight is 255 g/mol. The molecule has 1 N–H and O–H groups in total. The fourth-order valence-corrected chi connectivity index (χ4v) is 2.17. The zero-order chi connectivity index (χ0) is 12.3. The predicted molar refractivity (Wildman–Crippen MR) is 65.4 cm³/mol. The molecule has 17 heavy (non-hydrogen) atoms. The van der Waals surface area contributed by atoms with Crippen LogP contribution in [-0.4, -0.2) is 17.7 Å². The highest BCUT2D eigenvalue weighted by Crippen LogP contribution is 2.34. The lowest BCUT2D eigenvalue weighted by Crippen LogP contribution is -2.33. The molecule has 1 atom stereocenters. The molecule has 0 radical (unpaired) electrons. The van der Waals surface area contributed by atoms with Gasteiger partial charge in [-0.15, -0.1) is 0 Å². The van der Waals surface area contributed by atoms with E-state index in [1.54, 1.807) is 24.3 Å². The van der Waals surface area contributed by atoms with Crippen LogP contribution in [0.2, 0.25) is 5.02 Å². The van der Waals surface area contributed by atoms with Gasteiger partial charge in [-0.3, -0.25) is 4.79 Å². The van der Waals surface area contributed by atoms with Crippen LogP contribution in [0.25, 0.3) is 0 Å². The molecule has 0 saturated heterocycles. The molecule has 1 aromatic rings. The predicted octanol–water partition coefficient (Wildman–Crippen LogP) is 3.22. The van der Waals surface area contributed by atoms with Crippen molar-refractivity contribution in [2.75, 3.05) is 6.61 Å². The zero-order valence-corrected chi connectivity index (χ0v) is 10.2. The maximum atomic E-state index is 11.1. The van der Waals surface area contributed by atoms with Gasteiger partial charge in [0, 0.05) is 5.02 Å². The maximum Gasteiger partial charge on any atom is 0.310 e. The third-order valence-corrected chi connectivity index (χ3v) is 3.50. The first-order valence-electron chi connectivity index (χ1n) is 5.78. The molecule has 0 bridgehead atoms. The second-order valence-corrected chi connectivity index (χ2v) is 4.84. The number of rotatable bonds is 5. The average Bonchev–Trinajstić information content (AvgIpc) is 2.21. The Morgan fingerprint density at radius 1 is 1.53 bits per heavy atom. The molecule has 3 nitrogen and oxygen atoms in total. The van der Waals surface area contributed by atoms with Crippen molar-refractivity contribution < 1.29 is 14.6 Å². The molecule has 1 aliphatic rings. The van der Waals surface area contributed by atoms with Crippen LogP contribution in [0, 0.1) is 11.8 Å². The van der Waals surface area contributed by atoms with Gasteiger partial charge in [0.1, 0.15) is 12.4 Å². The monoisotopic (exact) mass is 254 g/mol. The van der Waals surface area contributed by atoms with Crippen LogP contribution < -0.4 is 4.74 Å². The van der Waals surface area contributed by atoms with Gasteiger partial charge in [0.2, 0.25) is 0 Å². The summed E-state index contributed by atoms with van der Waals surface area (Å²) in [6.07, 6.45) is 3.12. The van der Waals surface area contributed by atoms with Crippen molar-refractivity contribution in [3.05, 3.63) is 29.3 Å². The number of carbonyl (C=O) groups is 1. The van der Waals surface area contributed by atoms with Crippen LogP contribution in [-0.2, 0) is 4.79 Å². The number of aliphatic carboxylic acids is 1. The summed E-state index contributed by atoms with van der Waals surface area (Å²) < 4.78 is 5.50. The van der Waals surface area contributed by atoms with E-state index in [0.29, 0.717) is 10.8 Å². The fourth-order valence-electron chi connectivity index (χ4n) is 1.99. The van der Waals surface area contributed by atoms with E-state index in [1.807, 2.05) is 0 Å². The van der Waals surface area contributed by atoms with Gasteiger partial charge in [0.05, 0.1) is 5.92 Å². The van der Waals surface area contributed by atoms with Crippen molar-refractivity contribution in [2.24, 2.45) is 11.8 Å². The summed E-state index contributed by atoms with van der Waals surface area (Å²) in [6, 6.07) is 7.03. The molecule has 0 amide bonds. The molecule has 0 aliphatic heterocycles. The van der Waals surface area contributed by atoms with Crippen molar-refractivity contribution in [1.82, 2.24) is 0 Å². The topological polar surface area (TPSA) is 46.5 Å². The molecule has 0 heterocycles. The summed E-state index contributed by atoms with van der Waals surface area (Å²) in [5.74, 6) is -0.269. The van der Waals surface area contributed by atoms with Gasteiger partial charge in [0.25, 0.3) is 0 Å². The van der Waals surface area contributed by atoms with Crippen LogP contribution in [0.5, 0.6) is 5.75 Å². The van der Waals surface area contributed by atoms with Gasteiger partial charge in [-0.05, 0) is 37.0 Å². The molecule has 0 aromatic heterocycles. The van der Waals surface area contributed by atoms with E-state index < -0.39 is 11.9 Å². The zero-order valence-electron chi connectivity index (χ0n) is 9.43. The molecule has 2 rings (SSSR count). The van der Waals surface area contributed by atoms with Crippen molar-refractivity contribution >= 4 is 17.6 Å². The Bertz CT molecular complexity index is 401. The standard InChI is InChI=1S/C13H15ClO3/c14-10-5-2-6-11(7-10)17-8-12(13(15)16)9-3-1-4-9/h2,5-7,9,12H,1,3-4,8H2,(H,15,16). The maximum absolute atomic E-state index is 11.1. The molecule has 1 aromatic carbocycles. The van der Waals surface area contributed by atoms with Gasteiger partial charge < -0.3 is 9.84 Å². The van der Waals surface area contributed by atoms with E-state index in [-0.39, 0.29) is 12.5 Å². The van der Waals surface area contributed by atoms with Crippen molar-refractivity contribution in [2.45, 2.75) is 19.3 Å². The Hall–Kier alpha value is -1.22. The van der Waals surface area contributed by atoms with Crippen LogP contribution in [0.3, 0.4) is 0 Å². The van der Waals surface area contributed by atoms with Gasteiger partial charge in [-0.2, -0.15) is 0 Å². The van der Waals surface area contributed by atoms with Crippen molar-refractivity contribution in [3.8, 4) is 5.75 Å². The molecular formula is C13H15ClO3. The largest absolute Gasteiger partial charge is 0.493 e. The Balaban J connectivity index is 1.92. The summed E-state index contributed by atoms with van der Waals surface area (Å²) in [7, 11) is 0. The quantitative estimate of drug-likeness (QED) is 0.878. The summed E-state index contributed by atoms with van der Waals surface area (Å²) in [6.45, 7) is 0.223. The molecule has 1 saturated carbocycles. The van der Waals surface area contributed by atoms with E-state index >= 15 is 0 Å². The second-order valence-electron chi connectivity index (χ2n) is 4.40.